The highest BCUT2D eigenvalue weighted by atomic mass is 32.1. The molecule has 1 atom stereocenters. The molecule has 8 heteroatoms. The molecule has 2 aromatic rings. The van der Waals surface area contributed by atoms with Crippen LogP contribution in [0.4, 0.5) is 0 Å². The van der Waals surface area contributed by atoms with Gasteiger partial charge in [0.25, 0.3) is 0 Å². The lowest BCUT2D eigenvalue weighted by atomic mass is 10.1. The van der Waals surface area contributed by atoms with Gasteiger partial charge >= 0.3 is 11.9 Å². The summed E-state index contributed by atoms with van der Waals surface area (Å²) in [4.78, 5) is 40.1. The number of hydrogen-bond acceptors (Lipinski definition) is 7. The maximum Gasteiger partial charge on any atom is 0.315 e. The first-order valence-electron chi connectivity index (χ1n) is 8.64. The van der Waals surface area contributed by atoms with Crippen molar-refractivity contribution in [3.63, 3.8) is 0 Å². The molecule has 0 spiro atoms. The second-order valence-electron chi connectivity index (χ2n) is 5.55. The average molecular weight is 390 g/mol. The molecule has 0 fully saturated rings. The Morgan fingerprint density at radius 2 is 1.74 bits per heavy atom. The third-order valence-corrected chi connectivity index (χ3v) is 4.47. The summed E-state index contributed by atoms with van der Waals surface area (Å²) in [6, 6.07) is 8.91. The summed E-state index contributed by atoms with van der Waals surface area (Å²) in [5.41, 5.74) is 1.69. The van der Waals surface area contributed by atoms with E-state index in [9.17, 15) is 14.4 Å². The van der Waals surface area contributed by atoms with Gasteiger partial charge in [-0.15, -0.1) is 11.3 Å². The van der Waals surface area contributed by atoms with Crippen LogP contribution in [-0.4, -0.2) is 36.0 Å². The molecule has 0 bridgehead atoms. The van der Waals surface area contributed by atoms with Gasteiger partial charge in [-0.2, -0.15) is 0 Å². The summed E-state index contributed by atoms with van der Waals surface area (Å²) in [5, 5.41) is 5.11. The maximum absolute atomic E-state index is 12.1. The van der Waals surface area contributed by atoms with Crippen LogP contribution in [0.15, 0.2) is 35.7 Å². The van der Waals surface area contributed by atoms with Gasteiger partial charge in [-0.1, -0.05) is 30.3 Å². The van der Waals surface area contributed by atoms with E-state index in [2.05, 4.69) is 10.3 Å². The third kappa shape index (κ3) is 6.49. The van der Waals surface area contributed by atoms with Crippen LogP contribution in [0.2, 0.25) is 0 Å². The summed E-state index contributed by atoms with van der Waals surface area (Å²) in [7, 11) is 0. The minimum absolute atomic E-state index is 0.0653. The van der Waals surface area contributed by atoms with Crippen LogP contribution in [0.5, 0.6) is 0 Å². The van der Waals surface area contributed by atoms with E-state index >= 15 is 0 Å². The van der Waals surface area contributed by atoms with Crippen LogP contribution in [0.3, 0.4) is 0 Å². The van der Waals surface area contributed by atoms with Crippen LogP contribution in [0.25, 0.3) is 11.3 Å². The summed E-state index contributed by atoms with van der Waals surface area (Å²) in [6.45, 7) is 3.82. The Morgan fingerprint density at radius 3 is 2.41 bits per heavy atom. The van der Waals surface area contributed by atoms with Crippen molar-refractivity contribution in [2.24, 2.45) is 0 Å². The molecule has 2 rings (SSSR count). The highest BCUT2D eigenvalue weighted by molar-refractivity contribution is 7.10. The Hall–Kier alpha value is -2.74. The summed E-state index contributed by atoms with van der Waals surface area (Å²) in [6.07, 6.45) is -0.478. The van der Waals surface area contributed by atoms with E-state index in [0.717, 1.165) is 11.3 Å². The predicted octanol–water partition coefficient (Wildman–Crippen LogP) is 2.87. The SMILES string of the molecule is CCOC(=O)CC(=O)NC(CC(=O)OCC)c1nc(-c2ccccc2)cs1. The fourth-order valence-corrected chi connectivity index (χ4v) is 3.24. The Morgan fingerprint density at radius 1 is 1.07 bits per heavy atom. The zero-order chi connectivity index (χ0) is 19.6. The normalized spacial score (nSPS) is 11.5. The van der Waals surface area contributed by atoms with Gasteiger partial charge in [-0.05, 0) is 13.8 Å². The number of hydrogen-bond donors (Lipinski definition) is 1. The lowest BCUT2D eigenvalue weighted by Gasteiger charge is -2.15. The Kier molecular flexibility index (Phi) is 7.94. The van der Waals surface area contributed by atoms with E-state index < -0.39 is 30.3 Å². The number of esters is 2. The van der Waals surface area contributed by atoms with Crippen molar-refractivity contribution < 1.29 is 23.9 Å². The van der Waals surface area contributed by atoms with E-state index in [1.165, 1.54) is 11.3 Å². The number of nitrogens with zero attached hydrogens (tertiary/aromatic N) is 1. The fraction of sp³-hybridized carbons (Fsp3) is 0.368. The summed E-state index contributed by atoms with van der Waals surface area (Å²) in [5.74, 6) is -1.59. The van der Waals surface area contributed by atoms with E-state index in [1.54, 1.807) is 13.8 Å². The molecule has 0 aliphatic carbocycles. The van der Waals surface area contributed by atoms with Crippen molar-refractivity contribution in [2.75, 3.05) is 13.2 Å². The van der Waals surface area contributed by atoms with Gasteiger partial charge in [0.05, 0.1) is 31.4 Å². The van der Waals surface area contributed by atoms with Crippen LogP contribution >= 0.6 is 11.3 Å². The molecule has 0 aliphatic rings. The quantitative estimate of drug-likeness (QED) is 0.523. The van der Waals surface area contributed by atoms with Crippen LogP contribution < -0.4 is 5.32 Å². The second kappa shape index (κ2) is 10.4. The number of carbonyl (C=O) groups excluding carboxylic acids is 3. The highest BCUT2D eigenvalue weighted by Gasteiger charge is 2.24. The standard InChI is InChI=1S/C19H22N2O5S/c1-3-25-17(23)10-14(20-16(22)11-18(24)26-4-2)19-21-15(12-27-19)13-8-6-5-7-9-13/h5-9,12,14H,3-4,10-11H2,1-2H3,(H,20,22). The van der Waals surface area contributed by atoms with Crippen LogP contribution in [0.1, 0.15) is 37.7 Å². The monoisotopic (exact) mass is 390 g/mol. The largest absolute Gasteiger partial charge is 0.466 e. The molecule has 27 heavy (non-hydrogen) atoms. The van der Waals surface area contributed by atoms with Crippen molar-refractivity contribution in [2.45, 2.75) is 32.7 Å². The predicted molar refractivity (Wildman–Crippen MR) is 101 cm³/mol. The zero-order valence-corrected chi connectivity index (χ0v) is 16.1. The molecule has 144 valence electrons. The molecule has 0 aliphatic heterocycles. The second-order valence-corrected chi connectivity index (χ2v) is 6.44. The number of aromatic nitrogens is 1. The number of carbonyl (C=O) groups is 3. The number of nitrogens with one attached hydrogen (secondary N) is 1. The lowest BCUT2D eigenvalue weighted by Crippen LogP contribution is -2.32. The van der Waals surface area contributed by atoms with Crippen LogP contribution in [-0.2, 0) is 23.9 Å². The van der Waals surface area contributed by atoms with Crippen molar-refractivity contribution in [3.05, 3.63) is 40.7 Å². The minimum Gasteiger partial charge on any atom is -0.466 e. The Bertz CT molecular complexity index is 775. The average Bonchev–Trinajstić information content (AvgIpc) is 3.12. The molecule has 1 heterocycles. The van der Waals surface area contributed by atoms with Crippen molar-refractivity contribution in [1.29, 1.82) is 0 Å². The summed E-state index contributed by atoms with van der Waals surface area (Å²) >= 11 is 1.33. The van der Waals surface area contributed by atoms with E-state index in [4.69, 9.17) is 9.47 Å². The molecule has 1 amide bonds. The minimum atomic E-state index is -0.673. The van der Waals surface area contributed by atoms with Gasteiger partial charge in [0.15, 0.2) is 0 Å². The highest BCUT2D eigenvalue weighted by Crippen LogP contribution is 2.27. The maximum atomic E-state index is 12.1. The smallest absolute Gasteiger partial charge is 0.315 e. The van der Waals surface area contributed by atoms with Crippen molar-refractivity contribution in [1.82, 2.24) is 10.3 Å². The van der Waals surface area contributed by atoms with Gasteiger partial charge in [-0.3, -0.25) is 14.4 Å². The zero-order valence-electron chi connectivity index (χ0n) is 15.3. The molecule has 0 saturated carbocycles. The molecule has 0 saturated heterocycles. The molecule has 1 unspecified atom stereocenters. The molecule has 1 N–H and O–H groups in total. The molecular formula is C19H22N2O5S. The molecular weight excluding hydrogens is 368 g/mol. The first-order valence-corrected chi connectivity index (χ1v) is 9.52. The van der Waals surface area contributed by atoms with Gasteiger partial charge in [0.1, 0.15) is 11.4 Å². The number of amides is 1. The first kappa shape index (κ1) is 20.6. The number of rotatable bonds is 9. The Balaban J connectivity index is 2.14. The van der Waals surface area contributed by atoms with Gasteiger partial charge in [0, 0.05) is 10.9 Å². The molecule has 0 radical (unpaired) electrons. The van der Waals surface area contributed by atoms with Crippen LogP contribution in [0, 0.1) is 0 Å². The topological polar surface area (TPSA) is 94.6 Å². The van der Waals surface area contributed by atoms with E-state index in [-0.39, 0.29) is 19.6 Å². The van der Waals surface area contributed by atoms with Gasteiger partial charge in [0.2, 0.25) is 5.91 Å². The number of ether oxygens (including phenoxy) is 2. The van der Waals surface area contributed by atoms with Gasteiger partial charge < -0.3 is 14.8 Å². The Labute approximate surface area is 161 Å². The lowest BCUT2D eigenvalue weighted by molar-refractivity contribution is -0.146. The third-order valence-electron chi connectivity index (χ3n) is 3.51. The molecule has 1 aromatic carbocycles. The first-order chi connectivity index (χ1) is 13.0. The summed E-state index contributed by atoms with van der Waals surface area (Å²) < 4.78 is 9.76. The van der Waals surface area contributed by atoms with E-state index in [0.29, 0.717) is 5.01 Å². The number of benzene rings is 1. The molecule has 7 nitrogen and oxygen atoms in total. The van der Waals surface area contributed by atoms with E-state index in [1.807, 2.05) is 35.7 Å². The van der Waals surface area contributed by atoms with Gasteiger partial charge in [-0.25, -0.2) is 4.98 Å². The molecule has 1 aromatic heterocycles. The van der Waals surface area contributed by atoms with Crippen molar-refractivity contribution >= 4 is 29.2 Å². The fourth-order valence-electron chi connectivity index (χ4n) is 2.36. The van der Waals surface area contributed by atoms with Crippen molar-refractivity contribution in [3.8, 4) is 11.3 Å². The number of thiazole rings is 1.